The van der Waals surface area contributed by atoms with E-state index in [0.717, 1.165) is 17.0 Å². The fraction of sp³-hybridized carbons (Fsp3) is 0.692. The smallest absolute Gasteiger partial charge is 0.312 e. The highest BCUT2D eigenvalue weighted by atomic mass is 32.2. The molecule has 0 bridgehead atoms. The van der Waals surface area contributed by atoms with Gasteiger partial charge in [-0.2, -0.15) is 0 Å². The molecule has 7 nitrogen and oxygen atoms in total. The van der Waals surface area contributed by atoms with E-state index < -0.39 is 21.4 Å². The van der Waals surface area contributed by atoms with Crippen LogP contribution in [0.25, 0.3) is 0 Å². The second-order valence-electron chi connectivity index (χ2n) is 6.24. The summed E-state index contributed by atoms with van der Waals surface area (Å²) >= 11 is 1.58. The Bertz CT molecular complexity index is 702. The fourth-order valence-electron chi connectivity index (χ4n) is 3.51. The molecule has 0 radical (unpaired) electrons. The minimum atomic E-state index is -3.35. The Morgan fingerprint density at radius 2 is 2.23 bits per heavy atom. The van der Waals surface area contributed by atoms with Crippen LogP contribution in [0, 0.1) is 18.3 Å². The topological polar surface area (TPSA) is 90.8 Å². The molecule has 2 aliphatic heterocycles. The lowest BCUT2D eigenvalue weighted by atomic mass is 9.81. The van der Waals surface area contributed by atoms with Gasteiger partial charge < -0.3 is 5.11 Å². The van der Waals surface area contributed by atoms with E-state index in [2.05, 4.69) is 9.88 Å². The summed E-state index contributed by atoms with van der Waals surface area (Å²) in [6, 6.07) is 0. The number of carboxylic acid groups (broad SMARTS) is 1. The van der Waals surface area contributed by atoms with Crippen molar-refractivity contribution in [3.63, 3.8) is 0 Å². The predicted molar refractivity (Wildman–Crippen MR) is 82.1 cm³/mol. The Morgan fingerprint density at radius 1 is 1.50 bits per heavy atom. The van der Waals surface area contributed by atoms with E-state index in [1.165, 1.54) is 4.31 Å². The van der Waals surface area contributed by atoms with Gasteiger partial charge >= 0.3 is 5.97 Å². The lowest BCUT2D eigenvalue weighted by Crippen LogP contribution is -2.41. The van der Waals surface area contributed by atoms with E-state index in [-0.39, 0.29) is 19.0 Å². The van der Waals surface area contributed by atoms with Crippen molar-refractivity contribution in [3.8, 4) is 0 Å². The van der Waals surface area contributed by atoms with Crippen LogP contribution in [0.1, 0.15) is 10.7 Å². The molecule has 2 saturated heterocycles. The first-order valence-corrected chi connectivity index (χ1v) is 9.75. The molecular formula is C13H19N3O4S2. The maximum Gasteiger partial charge on any atom is 0.312 e. The summed E-state index contributed by atoms with van der Waals surface area (Å²) in [6.07, 6.45) is 1.14. The van der Waals surface area contributed by atoms with E-state index in [4.69, 9.17) is 0 Å². The van der Waals surface area contributed by atoms with E-state index >= 15 is 0 Å². The second kappa shape index (κ2) is 5.26. The molecule has 0 unspecified atom stereocenters. The van der Waals surface area contributed by atoms with Crippen molar-refractivity contribution in [2.45, 2.75) is 13.5 Å². The van der Waals surface area contributed by atoms with Gasteiger partial charge in [-0.25, -0.2) is 17.7 Å². The molecule has 1 aromatic heterocycles. The number of nitrogens with zero attached hydrogens (tertiary/aromatic N) is 3. The number of sulfonamides is 1. The molecule has 0 saturated carbocycles. The summed E-state index contributed by atoms with van der Waals surface area (Å²) in [6.45, 7) is 3.88. The molecule has 2 aliphatic rings. The van der Waals surface area contributed by atoms with Crippen LogP contribution in [0.4, 0.5) is 0 Å². The predicted octanol–water partition coefficient (Wildman–Crippen LogP) is 0.230. The summed E-state index contributed by atoms with van der Waals surface area (Å²) in [5.74, 6) is -1.07. The molecule has 122 valence electrons. The number of aliphatic carboxylic acids is 1. The minimum absolute atomic E-state index is 0.0679. The molecule has 9 heteroatoms. The van der Waals surface area contributed by atoms with Crippen molar-refractivity contribution in [2.24, 2.45) is 11.3 Å². The molecular weight excluding hydrogens is 326 g/mol. The molecule has 2 fully saturated rings. The fourth-order valence-corrected chi connectivity index (χ4v) is 5.03. The average molecular weight is 345 g/mol. The van der Waals surface area contributed by atoms with Crippen LogP contribution in [0.3, 0.4) is 0 Å². The van der Waals surface area contributed by atoms with Gasteiger partial charge in [0.2, 0.25) is 10.0 Å². The third-order valence-corrected chi connectivity index (χ3v) is 6.63. The lowest BCUT2D eigenvalue weighted by Gasteiger charge is -2.24. The van der Waals surface area contributed by atoms with Crippen LogP contribution in [0.2, 0.25) is 0 Å². The SMILES string of the molecule is Cc1nc(CN2C[C@H]3CN(S(C)(=O)=O)C[C@@]3(C(=O)O)C2)cs1. The Balaban J connectivity index is 1.78. The number of carbonyl (C=O) groups is 1. The standard InChI is InChI=1S/C13H19N3O4S2/c1-9-14-11(6-21-9)5-15-3-10-4-16(22(2,19)20)8-13(10,7-15)12(17)18/h6,10H,3-5,7-8H2,1-2H3,(H,17,18)/t10-,13-/m0/s1. The van der Waals surface area contributed by atoms with Gasteiger partial charge in [-0.05, 0) is 6.92 Å². The average Bonchev–Trinajstić information content (AvgIpc) is 3.01. The molecule has 0 aromatic carbocycles. The van der Waals surface area contributed by atoms with E-state index in [9.17, 15) is 18.3 Å². The Kier molecular flexibility index (Phi) is 3.79. The Morgan fingerprint density at radius 3 is 2.73 bits per heavy atom. The first-order valence-electron chi connectivity index (χ1n) is 7.02. The molecule has 22 heavy (non-hydrogen) atoms. The normalized spacial score (nSPS) is 29.8. The van der Waals surface area contributed by atoms with Crippen molar-refractivity contribution < 1.29 is 18.3 Å². The number of hydrogen-bond acceptors (Lipinski definition) is 6. The maximum absolute atomic E-state index is 11.8. The van der Waals surface area contributed by atoms with Crippen LogP contribution in [-0.2, 0) is 21.4 Å². The maximum atomic E-state index is 11.8. The first-order chi connectivity index (χ1) is 10.2. The summed E-state index contributed by atoms with van der Waals surface area (Å²) in [7, 11) is -3.35. The Labute approximate surface area is 133 Å². The molecule has 3 rings (SSSR count). The highest BCUT2D eigenvalue weighted by molar-refractivity contribution is 7.88. The molecule has 2 atom stereocenters. The number of thiazole rings is 1. The van der Waals surface area contributed by atoms with Crippen LogP contribution in [0.5, 0.6) is 0 Å². The highest BCUT2D eigenvalue weighted by Crippen LogP contribution is 2.44. The zero-order valence-electron chi connectivity index (χ0n) is 12.5. The summed E-state index contributed by atoms with van der Waals surface area (Å²) in [5.41, 5.74) is -0.0447. The van der Waals surface area contributed by atoms with Crippen molar-refractivity contribution in [1.82, 2.24) is 14.2 Å². The summed E-state index contributed by atoms with van der Waals surface area (Å²) in [4.78, 5) is 18.3. The van der Waals surface area contributed by atoms with Crippen LogP contribution >= 0.6 is 11.3 Å². The van der Waals surface area contributed by atoms with Crippen LogP contribution < -0.4 is 0 Å². The van der Waals surface area contributed by atoms with Crippen molar-refractivity contribution in [1.29, 1.82) is 0 Å². The quantitative estimate of drug-likeness (QED) is 0.840. The summed E-state index contributed by atoms with van der Waals surface area (Å²) in [5, 5.41) is 12.7. The highest BCUT2D eigenvalue weighted by Gasteiger charge is 2.59. The van der Waals surface area contributed by atoms with Gasteiger partial charge in [0.15, 0.2) is 0 Å². The van der Waals surface area contributed by atoms with Gasteiger partial charge in [0.25, 0.3) is 0 Å². The van der Waals surface area contributed by atoms with Gasteiger partial charge in [0, 0.05) is 44.0 Å². The summed E-state index contributed by atoms with van der Waals surface area (Å²) < 4.78 is 24.7. The van der Waals surface area contributed by atoms with Gasteiger partial charge in [0.05, 0.1) is 22.4 Å². The van der Waals surface area contributed by atoms with Gasteiger partial charge in [-0.3, -0.25) is 9.69 Å². The molecule has 0 spiro atoms. The number of likely N-dealkylation sites (tertiary alicyclic amines) is 1. The minimum Gasteiger partial charge on any atom is -0.481 e. The molecule has 1 aromatic rings. The Hall–Kier alpha value is -1.03. The van der Waals surface area contributed by atoms with Crippen molar-refractivity contribution in [2.75, 3.05) is 32.4 Å². The lowest BCUT2D eigenvalue weighted by molar-refractivity contribution is -0.148. The van der Waals surface area contributed by atoms with Gasteiger partial charge in [0.1, 0.15) is 0 Å². The van der Waals surface area contributed by atoms with Crippen LogP contribution in [0.15, 0.2) is 5.38 Å². The van der Waals surface area contributed by atoms with E-state index in [1.54, 1.807) is 11.3 Å². The molecule has 3 heterocycles. The number of hydrogen-bond donors (Lipinski definition) is 1. The second-order valence-corrected chi connectivity index (χ2v) is 9.29. The van der Waals surface area contributed by atoms with E-state index in [0.29, 0.717) is 19.6 Å². The molecule has 0 amide bonds. The van der Waals surface area contributed by atoms with Crippen molar-refractivity contribution >= 4 is 27.3 Å². The third-order valence-electron chi connectivity index (χ3n) is 4.60. The molecule has 0 aliphatic carbocycles. The monoisotopic (exact) mass is 345 g/mol. The zero-order chi connectivity index (χ0) is 16.1. The first kappa shape index (κ1) is 15.9. The number of fused-ring (bicyclic) bond motifs is 1. The number of aromatic nitrogens is 1. The van der Waals surface area contributed by atoms with Crippen LogP contribution in [-0.4, -0.2) is 66.1 Å². The number of carboxylic acids is 1. The van der Waals surface area contributed by atoms with Gasteiger partial charge in [-0.15, -0.1) is 11.3 Å². The number of rotatable bonds is 4. The van der Waals surface area contributed by atoms with Crippen molar-refractivity contribution in [3.05, 3.63) is 16.1 Å². The largest absolute Gasteiger partial charge is 0.481 e. The van der Waals surface area contributed by atoms with Gasteiger partial charge in [-0.1, -0.05) is 0 Å². The zero-order valence-corrected chi connectivity index (χ0v) is 14.2. The number of aryl methyl sites for hydroxylation is 1. The third kappa shape index (κ3) is 2.66. The van der Waals surface area contributed by atoms with E-state index in [1.807, 2.05) is 12.3 Å². The molecule has 1 N–H and O–H groups in total.